The smallest absolute Gasteiger partial charge is 0.0596 e. The number of hydrogen-bond donors (Lipinski definition) is 1. The van der Waals surface area contributed by atoms with Gasteiger partial charge in [0, 0.05) is 19.6 Å². The SMILES string of the molecule is CCNCC1(CN(C)CCOC(C)C)CCCC1. The summed E-state index contributed by atoms with van der Waals surface area (Å²) in [6, 6.07) is 0. The van der Waals surface area contributed by atoms with Gasteiger partial charge in [0.05, 0.1) is 12.7 Å². The van der Waals surface area contributed by atoms with Crippen LogP contribution in [0.25, 0.3) is 0 Å². The molecule has 1 rings (SSSR count). The van der Waals surface area contributed by atoms with Crippen molar-refractivity contribution in [2.45, 2.75) is 52.6 Å². The molecular formula is C15H32N2O. The van der Waals surface area contributed by atoms with E-state index < -0.39 is 0 Å². The van der Waals surface area contributed by atoms with Crippen molar-refractivity contribution in [3.05, 3.63) is 0 Å². The lowest BCUT2D eigenvalue weighted by Gasteiger charge is -2.34. The first-order chi connectivity index (χ1) is 8.58. The van der Waals surface area contributed by atoms with Crippen LogP contribution in [-0.4, -0.2) is 50.8 Å². The Morgan fingerprint density at radius 1 is 1.28 bits per heavy atom. The van der Waals surface area contributed by atoms with Gasteiger partial charge in [0.1, 0.15) is 0 Å². The summed E-state index contributed by atoms with van der Waals surface area (Å²) >= 11 is 0. The standard InChI is InChI=1S/C15H32N2O/c1-5-16-12-15(8-6-7-9-15)13-17(4)10-11-18-14(2)3/h14,16H,5-13H2,1-4H3. The molecular weight excluding hydrogens is 224 g/mol. The van der Waals surface area contributed by atoms with E-state index in [-0.39, 0.29) is 0 Å². The zero-order valence-electron chi connectivity index (χ0n) is 12.8. The van der Waals surface area contributed by atoms with E-state index in [9.17, 15) is 0 Å². The molecule has 0 atom stereocenters. The summed E-state index contributed by atoms with van der Waals surface area (Å²) in [7, 11) is 2.23. The molecule has 0 radical (unpaired) electrons. The van der Waals surface area contributed by atoms with Crippen molar-refractivity contribution in [1.82, 2.24) is 10.2 Å². The van der Waals surface area contributed by atoms with Gasteiger partial charge in [0.2, 0.25) is 0 Å². The molecule has 0 aromatic rings. The van der Waals surface area contributed by atoms with Gasteiger partial charge < -0.3 is 15.0 Å². The zero-order valence-corrected chi connectivity index (χ0v) is 12.8. The Hall–Kier alpha value is -0.120. The third-order valence-electron chi connectivity index (χ3n) is 3.94. The number of rotatable bonds is 9. The lowest BCUT2D eigenvalue weighted by molar-refractivity contribution is 0.0545. The van der Waals surface area contributed by atoms with Crippen LogP contribution in [0.4, 0.5) is 0 Å². The largest absolute Gasteiger partial charge is 0.377 e. The molecule has 3 heteroatoms. The van der Waals surface area contributed by atoms with Crippen LogP contribution in [0.3, 0.4) is 0 Å². The van der Waals surface area contributed by atoms with Gasteiger partial charge in [-0.05, 0) is 45.7 Å². The van der Waals surface area contributed by atoms with Gasteiger partial charge in [-0.15, -0.1) is 0 Å². The predicted octanol–water partition coefficient (Wildman–Crippen LogP) is 2.51. The van der Waals surface area contributed by atoms with Crippen LogP contribution in [-0.2, 0) is 4.74 Å². The number of nitrogens with one attached hydrogen (secondary N) is 1. The molecule has 1 aliphatic rings. The van der Waals surface area contributed by atoms with E-state index in [2.05, 4.69) is 38.0 Å². The van der Waals surface area contributed by atoms with Gasteiger partial charge in [0.25, 0.3) is 0 Å². The van der Waals surface area contributed by atoms with Crippen molar-refractivity contribution in [2.75, 3.05) is 39.8 Å². The average molecular weight is 256 g/mol. The van der Waals surface area contributed by atoms with Gasteiger partial charge in [-0.2, -0.15) is 0 Å². The molecule has 18 heavy (non-hydrogen) atoms. The van der Waals surface area contributed by atoms with E-state index in [1.54, 1.807) is 0 Å². The van der Waals surface area contributed by atoms with Gasteiger partial charge in [-0.1, -0.05) is 19.8 Å². The summed E-state index contributed by atoms with van der Waals surface area (Å²) in [5.41, 5.74) is 0.516. The summed E-state index contributed by atoms with van der Waals surface area (Å²) in [5, 5.41) is 3.55. The minimum absolute atomic E-state index is 0.348. The molecule has 108 valence electrons. The summed E-state index contributed by atoms with van der Waals surface area (Å²) in [4.78, 5) is 2.45. The third kappa shape index (κ3) is 5.68. The first kappa shape index (κ1) is 15.9. The highest BCUT2D eigenvalue weighted by Crippen LogP contribution is 2.38. The van der Waals surface area contributed by atoms with E-state index >= 15 is 0 Å². The highest BCUT2D eigenvalue weighted by atomic mass is 16.5. The summed E-state index contributed by atoms with van der Waals surface area (Å²) in [6.07, 6.45) is 5.93. The molecule has 0 aromatic carbocycles. The third-order valence-corrected chi connectivity index (χ3v) is 3.94. The molecule has 1 fully saturated rings. The van der Waals surface area contributed by atoms with Crippen LogP contribution >= 0.6 is 0 Å². The molecule has 0 saturated heterocycles. The topological polar surface area (TPSA) is 24.5 Å². The molecule has 3 nitrogen and oxygen atoms in total. The van der Waals surface area contributed by atoms with Crippen molar-refractivity contribution in [3.8, 4) is 0 Å². The Bertz CT molecular complexity index is 213. The molecule has 0 amide bonds. The van der Waals surface area contributed by atoms with Crippen molar-refractivity contribution in [3.63, 3.8) is 0 Å². The van der Waals surface area contributed by atoms with E-state index in [4.69, 9.17) is 4.74 Å². The monoisotopic (exact) mass is 256 g/mol. The molecule has 0 bridgehead atoms. The Morgan fingerprint density at radius 2 is 1.94 bits per heavy atom. The second-order valence-electron chi connectivity index (χ2n) is 6.14. The zero-order chi connectivity index (χ0) is 13.4. The Kier molecular flexibility index (Phi) is 7.20. The van der Waals surface area contributed by atoms with Crippen LogP contribution in [0.15, 0.2) is 0 Å². The van der Waals surface area contributed by atoms with E-state index in [0.717, 1.165) is 19.7 Å². The van der Waals surface area contributed by atoms with Crippen LogP contribution in [0.5, 0.6) is 0 Å². The Balaban J connectivity index is 2.31. The van der Waals surface area contributed by atoms with Crippen molar-refractivity contribution in [1.29, 1.82) is 0 Å². The first-order valence-corrected chi connectivity index (χ1v) is 7.59. The second kappa shape index (κ2) is 8.13. The van der Waals surface area contributed by atoms with Crippen molar-refractivity contribution >= 4 is 0 Å². The predicted molar refractivity (Wildman–Crippen MR) is 78.0 cm³/mol. The van der Waals surface area contributed by atoms with Gasteiger partial charge in [0.15, 0.2) is 0 Å². The molecule has 1 saturated carbocycles. The molecule has 0 aromatic heterocycles. The van der Waals surface area contributed by atoms with Crippen LogP contribution < -0.4 is 5.32 Å². The highest BCUT2D eigenvalue weighted by Gasteiger charge is 2.34. The number of nitrogens with zero attached hydrogens (tertiary/aromatic N) is 1. The number of ether oxygens (including phenoxy) is 1. The van der Waals surface area contributed by atoms with Crippen molar-refractivity contribution < 1.29 is 4.74 Å². The van der Waals surface area contributed by atoms with E-state index in [0.29, 0.717) is 11.5 Å². The number of likely N-dealkylation sites (N-methyl/N-ethyl adjacent to an activating group) is 1. The summed E-state index contributed by atoms with van der Waals surface area (Å²) in [5.74, 6) is 0. The van der Waals surface area contributed by atoms with Crippen LogP contribution in [0.1, 0.15) is 46.5 Å². The highest BCUT2D eigenvalue weighted by molar-refractivity contribution is 4.88. The maximum atomic E-state index is 5.63. The van der Waals surface area contributed by atoms with E-state index in [1.807, 2.05) is 0 Å². The fourth-order valence-electron chi connectivity index (χ4n) is 3.00. The maximum absolute atomic E-state index is 5.63. The Labute approximate surface area is 113 Å². The molecule has 0 spiro atoms. The van der Waals surface area contributed by atoms with Gasteiger partial charge >= 0.3 is 0 Å². The number of hydrogen-bond acceptors (Lipinski definition) is 3. The van der Waals surface area contributed by atoms with Gasteiger partial charge in [-0.3, -0.25) is 0 Å². The quantitative estimate of drug-likeness (QED) is 0.686. The average Bonchev–Trinajstić information content (AvgIpc) is 2.75. The normalized spacial score (nSPS) is 19.0. The molecule has 0 aliphatic heterocycles. The maximum Gasteiger partial charge on any atom is 0.0596 e. The molecule has 1 N–H and O–H groups in total. The van der Waals surface area contributed by atoms with E-state index in [1.165, 1.54) is 38.8 Å². The lowest BCUT2D eigenvalue weighted by Crippen LogP contribution is -2.42. The summed E-state index contributed by atoms with van der Waals surface area (Å²) < 4.78 is 5.63. The molecule has 0 unspecified atom stereocenters. The van der Waals surface area contributed by atoms with Gasteiger partial charge in [-0.25, -0.2) is 0 Å². The first-order valence-electron chi connectivity index (χ1n) is 7.59. The lowest BCUT2D eigenvalue weighted by atomic mass is 9.85. The molecule has 0 heterocycles. The van der Waals surface area contributed by atoms with Crippen LogP contribution in [0, 0.1) is 5.41 Å². The molecule has 1 aliphatic carbocycles. The van der Waals surface area contributed by atoms with Crippen molar-refractivity contribution in [2.24, 2.45) is 5.41 Å². The summed E-state index contributed by atoms with van der Waals surface area (Å²) in [6.45, 7) is 11.8. The van der Waals surface area contributed by atoms with Crippen LogP contribution in [0.2, 0.25) is 0 Å². The minimum atomic E-state index is 0.348. The fourth-order valence-corrected chi connectivity index (χ4v) is 3.00. The minimum Gasteiger partial charge on any atom is -0.377 e. The Morgan fingerprint density at radius 3 is 2.50 bits per heavy atom. The fraction of sp³-hybridized carbons (Fsp3) is 1.00. The second-order valence-corrected chi connectivity index (χ2v) is 6.14.